The summed E-state index contributed by atoms with van der Waals surface area (Å²) in [5.74, 6) is -1.21. The van der Waals surface area contributed by atoms with Gasteiger partial charge in [-0.3, -0.25) is 0 Å². The number of nitrogens with zero attached hydrogens (tertiary/aromatic N) is 1. The van der Waals surface area contributed by atoms with Gasteiger partial charge in [0.25, 0.3) is 0 Å². The van der Waals surface area contributed by atoms with E-state index in [0.29, 0.717) is 32.0 Å². The first kappa shape index (κ1) is 28.6. The Bertz CT molecular complexity index is 1300. The van der Waals surface area contributed by atoms with Crippen molar-refractivity contribution < 1.29 is 40.6 Å². The van der Waals surface area contributed by atoms with Crippen molar-refractivity contribution in [3.05, 3.63) is 52.5 Å². The number of sulfone groups is 2. The van der Waals surface area contributed by atoms with Gasteiger partial charge in [0.05, 0.1) is 59.1 Å². The number of hydrogen-bond acceptors (Lipinski definition) is 10. The summed E-state index contributed by atoms with van der Waals surface area (Å²) in [6, 6.07) is 8.41. The van der Waals surface area contributed by atoms with Crippen LogP contribution in [-0.4, -0.2) is 81.8 Å². The van der Waals surface area contributed by atoms with Gasteiger partial charge in [0.2, 0.25) is 0 Å². The van der Waals surface area contributed by atoms with E-state index in [-0.39, 0.29) is 25.9 Å². The van der Waals surface area contributed by atoms with Crippen LogP contribution in [0.3, 0.4) is 0 Å². The quantitative estimate of drug-likeness (QED) is 0.513. The fourth-order valence-electron chi connectivity index (χ4n) is 3.10. The summed E-state index contributed by atoms with van der Waals surface area (Å²) in [6.07, 6.45) is 2.16. The number of benzene rings is 2. The molecule has 0 amide bonds. The van der Waals surface area contributed by atoms with Crippen LogP contribution in [0.15, 0.2) is 46.2 Å². The summed E-state index contributed by atoms with van der Waals surface area (Å²) in [5, 5.41) is 0.161. The first-order valence-electron chi connectivity index (χ1n) is 10.1. The van der Waals surface area contributed by atoms with Crippen LogP contribution in [0.1, 0.15) is 20.7 Å². The molecule has 0 radical (unpaired) electrons. The summed E-state index contributed by atoms with van der Waals surface area (Å²) >= 11 is 5.72. The third-order valence-corrected chi connectivity index (χ3v) is 7.47. The summed E-state index contributed by atoms with van der Waals surface area (Å²) < 4.78 is 60.1. The normalized spacial score (nSPS) is 13.9. The molecular formula is C22H26ClNO9S2. The minimum absolute atomic E-state index is 0.0345. The first-order valence-corrected chi connectivity index (χ1v) is 14.3. The standard InChI is InChI=1S/C13H17NO5S.C9H9ClO4S/c1-18-13(15)11-9-10(20(2,16)17)3-4-12(11)14-5-7-19-8-6-14;1-14-9(11)7-5-6(15(2,12)13)3-4-8(7)10/h3-4,9H,5-8H2,1-2H3;3-5H,1-2H3. The number of carbonyl (C=O) groups excluding carboxylic acids is 2. The van der Waals surface area contributed by atoms with Gasteiger partial charge in [-0.2, -0.15) is 0 Å². The largest absolute Gasteiger partial charge is 0.465 e. The zero-order valence-corrected chi connectivity index (χ0v) is 22.0. The van der Waals surface area contributed by atoms with Gasteiger partial charge in [0.1, 0.15) is 0 Å². The monoisotopic (exact) mass is 547 g/mol. The lowest BCUT2D eigenvalue weighted by molar-refractivity contribution is 0.0591. The highest BCUT2D eigenvalue weighted by atomic mass is 35.5. The first-order chi connectivity index (χ1) is 16.3. The molecule has 0 N–H and O–H groups in total. The Hall–Kier alpha value is -2.67. The summed E-state index contributed by atoms with van der Waals surface area (Å²) in [7, 11) is -4.24. The third kappa shape index (κ3) is 7.66. The van der Waals surface area contributed by atoms with E-state index >= 15 is 0 Å². The smallest absolute Gasteiger partial charge is 0.340 e. The Balaban J connectivity index is 0.000000258. The second-order valence-electron chi connectivity index (χ2n) is 7.45. The molecule has 2 aromatic carbocycles. The molecule has 0 unspecified atom stereocenters. The van der Waals surface area contributed by atoms with Crippen LogP contribution in [0.2, 0.25) is 5.02 Å². The Morgan fingerprint density at radius 1 is 0.829 bits per heavy atom. The van der Waals surface area contributed by atoms with Crippen molar-refractivity contribution in [1.82, 2.24) is 0 Å². The molecule has 2 aromatic rings. The van der Waals surface area contributed by atoms with E-state index < -0.39 is 31.6 Å². The highest BCUT2D eigenvalue weighted by Crippen LogP contribution is 2.26. The molecule has 0 bridgehead atoms. The fraction of sp³-hybridized carbons (Fsp3) is 0.364. The second-order valence-corrected chi connectivity index (χ2v) is 11.9. The molecule has 0 aromatic heterocycles. The maximum Gasteiger partial charge on any atom is 0.340 e. The number of rotatable bonds is 5. The number of hydrogen-bond donors (Lipinski definition) is 0. The van der Waals surface area contributed by atoms with Gasteiger partial charge in [-0.05, 0) is 36.4 Å². The Kier molecular flexibility index (Phi) is 9.67. The number of ether oxygens (including phenoxy) is 3. The van der Waals surface area contributed by atoms with Gasteiger partial charge in [0, 0.05) is 25.6 Å². The Labute approximate surface area is 209 Å². The van der Waals surface area contributed by atoms with Crippen molar-refractivity contribution in [2.75, 3.05) is 57.9 Å². The van der Waals surface area contributed by atoms with E-state index in [1.165, 1.54) is 44.6 Å². The maximum atomic E-state index is 11.9. The van der Waals surface area contributed by atoms with Crippen molar-refractivity contribution in [3.8, 4) is 0 Å². The van der Waals surface area contributed by atoms with Crippen LogP contribution in [0.5, 0.6) is 0 Å². The molecule has 0 aliphatic carbocycles. The van der Waals surface area contributed by atoms with E-state index in [2.05, 4.69) is 4.74 Å². The fourth-order valence-corrected chi connectivity index (χ4v) is 4.59. The lowest BCUT2D eigenvalue weighted by atomic mass is 10.1. The van der Waals surface area contributed by atoms with Gasteiger partial charge in [-0.15, -0.1) is 0 Å². The van der Waals surface area contributed by atoms with Crippen LogP contribution in [0, 0.1) is 0 Å². The van der Waals surface area contributed by atoms with Crippen LogP contribution in [0.25, 0.3) is 0 Å². The van der Waals surface area contributed by atoms with Crippen molar-refractivity contribution >= 4 is 48.9 Å². The summed E-state index contributed by atoms with van der Waals surface area (Å²) in [5.41, 5.74) is 0.979. The zero-order valence-electron chi connectivity index (χ0n) is 19.6. The molecule has 35 heavy (non-hydrogen) atoms. The molecule has 192 valence electrons. The summed E-state index contributed by atoms with van der Waals surface area (Å²) in [6.45, 7) is 2.47. The van der Waals surface area contributed by atoms with Gasteiger partial charge in [-0.25, -0.2) is 26.4 Å². The van der Waals surface area contributed by atoms with E-state index in [4.69, 9.17) is 21.1 Å². The Morgan fingerprint density at radius 3 is 1.77 bits per heavy atom. The van der Waals surface area contributed by atoms with Crippen LogP contribution in [0.4, 0.5) is 5.69 Å². The molecule has 1 aliphatic rings. The molecule has 13 heteroatoms. The molecule has 3 rings (SSSR count). The Morgan fingerprint density at radius 2 is 1.29 bits per heavy atom. The van der Waals surface area contributed by atoms with Crippen LogP contribution < -0.4 is 4.90 Å². The number of carbonyl (C=O) groups is 2. The van der Waals surface area contributed by atoms with Crippen molar-refractivity contribution in [2.45, 2.75) is 9.79 Å². The third-order valence-electron chi connectivity index (χ3n) is 4.92. The van der Waals surface area contributed by atoms with E-state index in [1.54, 1.807) is 6.07 Å². The highest BCUT2D eigenvalue weighted by molar-refractivity contribution is 7.91. The van der Waals surface area contributed by atoms with Crippen molar-refractivity contribution in [3.63, 3.8) is 0 Å². The number of methoxy groups -OCH3 is 2. The van der Waals surface area contributed by atoms with Crippen LogP contribution >= 0.6 is 11.6 Å². The number of halogens is 1. The predicted molar refractivity (Wildman–Crippen MR) is 130 cm³/mol. The lowest BCUT2D eigenvalue weighted by Crippen LogP contribution is -2.37. The lowest BCUT2D eigenvalue weighted by Gasteiger charge is -2.30. The minimum atomic E-state index is -3.37. The second kappa shape index (κ2) is 11.8. The molecule has 1 aliphatic heterocycles. The molecular weight excluding hydrogens is 522 g/mol. The summed E-state index contributed by atoms with van der Waals surface area (Å²) in [4.78, 5) is 25.2. The number of morpholine rings is 1. The van der Waals surface area contributed by atoms with Crippen LogP contribution in [-0.2, 0) is 33.9 Å². The minimum Gasteiger partial charge on any atom is -0.465 e. The van der Waals surface area contributed by atoms with Crippen molar-refractivity contribution in [1.29, 1.82) is 0 Å². The van der Waals surface area contributed by atoms with E-state index in [0.717, 1.165) is 12.5 Å². The molecule has 0 spiro atoms. The van der Waals surface area contributed by atoms with Gasteiger partial charge >= 0.3 is 11.9 Å². The SMILES string of the molecule is COC(=O)c1cc(S(C)(=O)=O)ccc1Cl.COC(=O)c1cc(S(C)(=O)=O)ccc1N1CCOCC1. The van der Waals surface area contributed by atoms with Gasteiger partial charge < -0.3 is 19.1 Å². The average Bonchev–Trinajstić information content (AvgIpc) is 2.82. The molecule has 1 heterocycles. The van der Waals surface area contributed by atoms with Gasteiger partial charge in [-0.1, -0.05) is 11.6 Å². The number of anilines is 1. The number of esters is 2. The maximum absolute atomic E-state index is 11.9. The predicted octanol–water partition coefficient (Wildman–Crippen LogP) is 2.24. The molecule has 1 fully saturated rings. The molecule has 0 saturated carbocycles. The average molecular weight is 548 g/mol. The topological polar surface area (TPSA) is 133 Å². The van der Waals surface area contributed by atoms with Gasteiger partial charge in [0.15, 0.2) is 19.7 Å². The molecule has 0 atom stereocenters. The van der Waals surface area contributed by atoms with E-state index in [1.807, 2.05) is 4.90 Å². The molecule has 1 saturated heterocycles. The van der Waals surface area contributed by atoms with E-state index in [9.17, 15) is 26.4 Å². The van der Waals surface area contributed by atoms with Crippen molar-refractivity contribution in [2.24, 2.45) is 0 Å². The highest BCUT2D eigenvalue weighted by Gasteiger charge is 2.22. The zero-order chi connectivity index (χ0) is 26.4. The molecule has 10 nitrogen and oxygen atoms in total.